The van der Waals surface area contributed by atoms with Gasteiger partial charge >= 0.3 is 0 Å². The Morgan fingerprint density at radius 2 is 1.85 bits per heavy atom. The molecule has 0 spiro atoms. The first-order valence-electron chi connectivity index (χ1n) is 7.39. The van der Waals surface area contributed by atoms with Crippen LogP contribution in [-0.4, -0.2) is 31.5 Å². The minimum absolute atomic E-state index is 0.0268. The normalized spacial score (nSPS) is 11.5. The molecule has 0 saturated heterocycles. The molecule has 0 atom stereocenters. The first-order valence-corrected chi connectivity index (χ1v) is 10.1. The summed E-state index contributed by atoms with van der Waals surface area (Å²) in [6, 6.07) is 8.82. The molecule has 3 rings (SSSR count). The highest BCUT2D eigenvalue weighted by atomic mass is 32.2. The van der Waals surface area contributed by atoms with E-state index in [1.807, 2.05) is 0 Å². The summed E-state index contributed by atoms with van der Waals surface area (Å²) in [5, 5.41) is 14.0. The molecule has 0 saturated carbocycles. The SMILES string of the molecule is Cc1ccc(C(=O)[O-])c(C(=O)Nc2nc3ccc(S(C)(=O)=O)cc3s2)c1. The Hall–Kier alpha value is -2.78. The first kappa shape index (κ1) is 18.0. The average molecular weight is 389 g/mol. The van der Waals surface area contributed by atoms with E-state index in [1.165, 1.54) is 24.3 Å². The van der Waals surface area contributed by atoms with Crippen molar-refractivity contribution in [1.82, 2.24) is 4.98 Å². The molecule has 0 unspecified atom stereocenters. The van der Waals surface area contributed by atoms with Crippen LogP contribution in [0.1, 0.15) is 26.3 Å². The van der Waals surface area contributed by atoms with Gasteiger partial charge in [-0.25, -0.2) is 13.4 Å². The number of rotatable bonds is 4. The summed E-state index contributed by atoms with van der Waals surface area (Å²) >= 11 is 1.10. The van der Waals surface area contributed by atoms with Gasteiger partial charge in [-0.3, -0.25) is 10.1 Å². The van der Waals surface area contributed by atoms with Gasteiger partial charge < -0.3 is 9.90 Å². The lowest BCUT2D eigenvalue weighted by Gasteiger charge is -2.10. The molecule has 0 aliphatic rings. The van der Waals surface area contributed by atoms with Crippen LogP contribution in [0.3, 0.4) is 0 Å². The van der Waals surface area contributed by atoms with E-state index < -0.39 is 21.7 Å². The molecular formula is C17H13N2O5S2-. The van der Waals surface area contributed by atoms with E-state index in [0.29, 0.717) is 10.2 Å². The van der Waals surface area contributed by atoms with E-state index in [4.69, 9.17) is 0 Å². The van der Waals surface area contributed by atoms with Crippen molar-refractivity contribution in [3.63, 3.8) is 0 Å². The Morgan fingerprint density at radius 3 is 2.50 bits per heavy atom. The molecule has 26 heavy (non-hydrogen) atoms. The van der Waals surface area contributed by atoms with Gasteiger partial charge in [-0.15, -0.1) is 0 Å². The number of amides is 1. The lowest BCUT2D eigenvalue weighted by atomic mass is 10.0. The molecule has 1 aromatic heterocycles. The van der Waals surface area contributed by atoms with Crippen LogP contribution in [0.5, 0.6) is 0 Å². The van der Waals surface area contributed by atoms with Gasteiger partial charge in [0.2, 0.25) is 0 Å². The minimum Gasteiger partial charge on any atom is -0.545 e. The lowest BCUT2D eigenvalue weighted by molar-refractivity contribution is -0.255. The zero-order valence-corrected chi connectivity index (χ0v) is 15.4. The molecule has 7 nitrogen and oxygen atoms in total. The molecule has 2 aromatic carbocycles. The third-order valence-corrected chi connectivity index (χ3v) is 5.69. The highest BCUT2D eigenvalue weighted by molar-refractivity contribution is 7.90. The quantitative estimate of drug-likeness (QED) is 0.725. The Labute approximate surface area is 153 Å². The number of benzene rings is 2. The molecule has 1 amide bonds. The maximum Gasteiger partial charge on any atom is 0.258 e. The van der Waals surface area contributed by atoms with Crippen LogP contribution in [-0.2, 0) is 9.84 Å². The smallest absolute Gasteiger partial charge is 0.258 e. The minimum atomic E-state index is -3.35. The zero-order chi connectivity index (χ0) is 19.1. The van der Waals surface area contributed by atoms with Crippen LogP contribution >= 0.6 is 11.3 Å². The second-order valence-electron chi connectivity index (χ2n) is 5.71. The van der Waals surface area contributed by atoms with Gasteiger partial charge in [0.15, 0.2) is 15.0 Å². The number of sulfone groups is 1. The summed E-state index contributed by atoms with van der Waals surface area (Å²) in [5.74, 6) is -2.08. The molecule has 0 fully saturated rings. The number of fused-ring (bicyclic) bond motifs is 1. The highest BCUT2D eigenvalue weighted by Crippen LogP contribution is 2.28. The Bertz CT molecular complexity index is 1150. The number of nitrogens with one attached hydrogen (secondary N) is 1. The molecule has 0 bridgehead atoms. The Kier molecular flexibility index (Phi) is 4.51. The van der Waals surface area contributed by atoms with Crippen LogP contribution in [0.2, 0.25) is 0 Å². The molecule has 3 aromatic rings. The fourth-order valence-electron chi connectivity index (χ4n) is 2.38. The number of hydrogen-bond donors (Lipinski definition) is 1. The molecule has 0 aliphatic carbocycles. The molecule has 1 heterocycles. The van der Waals surface area contributed by atoms with E-state index in [2.05, 4.69) is 10.3 Å². The summed E-state index contributed by atoms with van der Waals surface area (Å²) in [4.78, 5) is 28.0. The van der Waals surface area contributed by atoms with E-state index in [9.17, 15) is 23.1 Å². The number of aromatic carboxylic acids is 1. The highest BCUT2D eigenvalue weighted by Gasteiger charge is 2.16. The van der Waals surface area contributed by atoms with Gasteiger partial charge in [0.1, 0.15) is 0 Å². The number of hydrogen-bond acceptors (Lipinski definition) is 7. The molecule has 9 heteroatoms. The predicted octanol–water partition coefficient (Wildman–Crippen LogP) is 1.62. The third-order valence-electron chi connectivity index (χ3n) is 3.65. The van der Waals surface area contributed by atoms with Crippen molar-refractivity contribution in [3.8, 4) is 0 Å². The Balaban J connectivity index is 1.95. The average Bonchev–Trinajstić information content (AvgIpc) is 2.94. The van der Waals surface area contributed by atoms with E-state index >= 15 is 0 Å². The van der Waals surface area contributed by atoms with Gasteiger partial charge in [-0.1, -0.05) is 29.0 Å². The number of carbonyl (C=O) groups is 2. The molecular weight excluding hydrogens is 376 g/mol. The van der Waals surface area contributed by atoms with Crippen LogP contribution in [0.25, 0.3) is 10.2 Å². The summed E-state index contributed by atoms with van der Waals surface area (Å²) in [6.45, 7) is 1.74. The second-order valence-corrected chi connectivity index (χ2v) is 8.76. The maximum absolute atomic E-state index is 12.5. The molecule has 0 aliphatic heterocycles. The number of carbonyl (C=O) groups excluding carboxylic acids is 2. The number of aryl methyl sites for hydroxylation is 1. The van der Waals surface area contributed by atoms with Crippen molar-refractivity contribution in [1.29, 1.82) is 0 Å². The Morgan fingerprint density at radius 1 is 1.12 bits per heavy atom. The first-order chi connectivity index (χ1) is 12.1. The number of aromatic nitrogens is 1. The predicted molar refractivity (Wildman–Crippen MR) is 96.2 cm³/mol. The number of carboxylic acids is 1. The molecule has 1 N–H and O–H groups in total. The van der Waals surface area contributed by atoms with Crippen molar-refractivity contribution in [3.05, 3.63) is 53.1 Å². The number of anilines is 1. The van der Waals surface area contributed by atoms with Crippen LogP contribution in [0, 0.1) is 6.92 Å². The van der Waals surface area contributed by atoms with Gasteiger partial charge in [0.05, 0.1) is 21.1 Å². The van der Waals surface area contributed by atoms with Crippen LogP contribution < -0.4 is 10.4 Å². The van der Waals surface area contributed by atoms with Gasteiger partial charge in [0, 0.05) is 17.4 Å². The van der Waals surface area contributed by atoms with Gasteiger partial charge in [-0.05, 0) is 31.2 Å². The summed E-state index contributed by atoms with van der Waals surface area (Å²) in [7, 11) is -3.35. The van der Waals surface area contributed by atoms with E-state index in [1.54, 1.807) is 19.1 Å². The summed E-state index contributed by atoms with van der Waals surface area (Å²) in [5.41, 5.74) is 1.01. The van der Waals surface area contributed by atoms with Crippen LogP contribution in [0.15, 0.2) is 41.3 Å². The van der Waals surface area contributed by atoms with E-state index in [-0.39, 0.29) is 21.2 Å². The van der Waals surface area contributed by atoms with Gasteiger partial charge in [-0.2, -0.15) is 0 Å². The second kappa shape index (κ2) is 6.50. The fraction of sp³-hybridized carbons (Fsp3) is 0.118. The van der Waals surface area contributed by atoms with E-state index in [0.717, 1.165) is 23.2 Å². The monoisotopic (exact) mass is 389 g/mol. The van der Waals surface area contributed by atoms with Gasteiger partial charge in [0.25, 0.3) is 5.91 Å². The zero-order valence-electron chi connectivity index (χ0n) is 13.8. The van der Waals surface area contributed by atoms with Crippen molar-refractivity contribution >= 4 is 48.4 Å². The van der Waals surface area contributed by atoms with Crippen LogP contribution in [0.4, 0.5) is 5.13 Å². The topological polar surface area (TPSA) is 116 Å². The molecule has 0 radical (unpaired) electrons. The number of carboxylic acid groups (broad SMARTS) is 1. The summed E-state index contributed by atoms with van der Waals surface area (Å²) < 4.78 is 23.9. The molecule has 134 valence electrons. The number of nitrogens with zero attached hydrogens (tertiary/aromatic N) is 1. The van der Waals surface area contributed by atoms with Crippen molar-refractivity contribution < 1.29 is 23.1 Å². The van der Waals surface area contributed by atoms with Crippen molar-refractivity contribution in [2.45, 2.75) is 11.8 Å². The third kappa shape index (κ3) is 3.58. The largest absolute Gasteiger partial charge is 0.545 e. The lowest BCUT2D eigenvalue weighted by Crippen LogP contribution is -2.26. The van der Waals surface area contributed by atoms with Crippen molar-refractivity contribution in [2.75, 3.05) is 11.6 Å². The standard InChI is InChI=1S/C17H14N2O5S2/c1-9-3-5-11(16(21)22)12(7-9)15(20)19-17-18-13-6-4-10(26(2,23)24)8-14(13)25-17/h3-8H,1-2H3,(H,21,22)(H,18,19,20)/p-1. The number of thiazole rings is 1. The summed E-state index contributed by atoms with van der Waals surface area (Å²) in [6.07, 6.45) is 1.11. The van der Waals surface area contributed by atoms with Crippen molar-refractivity contribution in [2.24, 2.45) is 0 Å². The fourth-order valence-corrected chi connectivity index (χ4v) is 4.00. The maximum atomic E-state index is 12.5.